The molecule has 5 heteroatoms. The highest BCUT2D eigenvalue weighted by Gasteiger charge is 2.21. The summed E-state index contributed by atoms with van der Waals surface area (Å²) < 4.78 is 33.8. The van der Waals surface area contributed by atoms with Crippen LogP contribution in [0.2, 0.25) is 0 Å². The molecule has 0 fully saturated rings. The van der Waals surface area contributed by atoms with Crippen LogP contribution in [0.1, 0.15) is 30.9 Å². The molecule has 0 aliphatic heterocycles. The van der Waals surface area contributed by atoms with E-state index in [1.165, 1.54) is 7.11 Å². The zero-order chi connectivity index (χ0) is 18.7. The maximum Gasteiger partial charge on any atom is 0.244 e. The van der Waals surface area contributed by atoms with Gasteiger partial charge in [-0.15, -0.1) is 0 Å². The van der Waals surface area contributed by atoms with E-state index in [0.717, 1.165) is 21.9 Å². The van der Waals surface area contributed by atoms with Gasteiger partial charge in [0.05, 0.1) is 7.11 Å². The molecular formula is C21H23NO3S. The zero-order valence-electron chi connectivity index (χ0n) is 15.2. The van der Waals surface area contributed by atoms with E-state index in [4.69, 9.17) is 4.74 Å². The van der Waals surface area contributed by atoms with Gasteiger partial charge >= 0.3 is 0 Å². The Morgan fingerprint density at radius 3 is 2.46 bits per heavy atom. The normalized spacial score (nSPS) is 11.8. The van der Waals surface area contributed by atoms with Gasteiger partial charge in [-0.2, -0.15) is 0 Å². The summed E-state index contributed by atoms with van der Waals surface area (Å²) in [5, 5.41) is 2.13. The number of hydrogen-bond acceptors (Lipinski definition) is 3. The molecule has 0 unspecified atom stereocenters. The van der Waals surface area contributed by atoms with Crippen LogP contribution in [0.25, 0.3) is 10.8 Å². The number of nitrogens with one attached hydrogen (secondary N) is 1. The second-order valence-corrected chi connectivity index (χ2v) is 8.26. The molecule has 0 radical (unpaired) electrons. The maximum atomic E-state index is 12.9. The van der Waals surface area contributed by atoms with Gasteiger partial charge in [0.15, 0.2) is 0 Å². The Labute approximate surface area is 154 Å². The van der Waals surface area contributed by atoms with Crippen LogP contribution in [0, 0.1) is 0 Å². The maximum absolute atomic E-state index is 12.9. The number of rotatable bonds is 6. The molecule has 4 nitrogen and oxygen atoms in total. The first kappa shape index (κ1) is 18.4. The number of methoxy groups -OCH3 is 1. The van der Waals surface area contributed by atoms with Gasteiger partial charge < -0.3 is 4.74 Å². The molecule has 0 spiro atoms. The molecule has 0 aliphatic rings. The van der Waals surface area contributed by atoms with E-state index in [1.54, 1.807) is 12.1 Å². The molecule has 0 bridgehead atoms. The Kier molecular flexibility index (Phi) is 5.30. The summed E-state index contributed by atoms with van der Waals surface area (Å²) in [5.74, 6) is 0.577. The fourth-order valence-electron chi connectivity index (χ4n) is 2.96. The molecular weight excluding hydrogens is 346 g/mol. The third-order valence-corrected chi connectivity index (χ3v) is 5.90. The lowest BCUT2D eigenvalue weighted by atomic mass is 10.0. The molecule has 3 aromatic carbocycles. The molecule has 26 heavy (non-hydrogen) atoms. The van der Waals surface area contributed by atoms with Crippen LogP contribution in [0.5, 0.6) is 5.75 Å². The number of sulfonamides is 1. The summed E-state index contributed by atoms with van der Waals surface area (Å²) in [6, 6.07) is 19.1. The van der Waals surface area contributed by atoms with Gasteiger partial charge in [0.2, 0.25) is 10.0 Å². The first-order valence-electron chi connectivity index (χ1n) is 8.56. The van der Waals surface area contributed by atoms with Gasteiger partial charge in [-0.3, -0.25) is 0 Å². The molecule has 3 aromatic rings. The molecule has 0 aliphatic carbocycles. The van der Waals surface area contributed by atoms with Gasteiger partial charge in [-0.05, 0) is 39.9 Å². The Balaban J connectivity index is 1.93. The van der Waals surface area contributed by atoms with Crippen molar-refractivity contribution >= 4 is 20.8 Å². The Hall–Kier alpha value is -2.37. The third-order valence-electron chi connectivity index (χ3n) is 4.48. The van der Waals surface area contributed by atoms with Crippen molar-refractivity contribution < 1.29 is 13.2 Å². The summed E-state index contributed by atoms with van der Waals surface area (Å²) >= 11 is 0. The average Bonchev–Trinajstić information content (AvgIpc) is 2.65. The Bertz CT molecular complexity index is 1020. The second-order valence-electron chi connectivity index (χ2n) is 6.53. The first-order chi connectivity index (χ1) is 12.4. The topological polar surface area (TPSA) is 55.4 Å². The van der Waals surface area contributed by atoms with Gasteiger partial charge in [-0.25, -0.2) is 13.1 Å². The largest absolute Gasteiger partial charge is 0.495 e. The van der Waals surface area contributed by atoms with E-state index in [9.17, 15) is 8.42 Å². The van der Waals surface area contributed by atoms with Crippen LogP contribution in [0.3, 0.4) is 0 Å². The Morgan fingerprint density at radius 1 is 1.00 bits per heavy atom. The lowest BCUT2D eigenvalue weighted by Gasteiger charge is -2.14. The van der Waals surface area contributed by atoms with Crippen LogP contribution in [-0.2, 0) is 16.6 Å². The smallest absolute Gasteiger partial charge is 0.244 e. The van der Waals surface area contributed by atoms with Gasteiger partial charge in [-0.1, -0.05) is 62.4 Å². The predicted molar refractivity (Wildman–Crippen MR) is 105 cm³/mol. The molecule has 0 amide bonds. The number of benzene rings is 3. The second kappa shape index (κ2) is 7.48. The van der Waals surface area contributed by atoms with Crippen LogP contribution >= 0.6 is 0 Å². The highest BCUT2D eigenvalue weighted by molar-refractivity contribution is 7.89. The summed E-state index contributed by atoms with van der Waals surface area (Å²) in [6.07, 6.45) is 0. The summed E-state index contributed by atoms with van der Waals surface area (Å²) in [7, 11) is -2.22. The fourth-order valence-corrected chi connectivity index (χ4v) is 4.17. The van der Waals surface area contributed by atoms with Crippen molar-refractivity contribution in [2.24, 2.45) is 0 Å². The van der Waals surface area contributed by atoms with Crippen molar-refractivity contribution in [2.45, 2.75) is 31.2 Å². The lowest BCUT2D eigenvalue weighted by molar-refractivity contribution is 0.402. The van der Waals surface area contributed by atoms with Crippen molar-refractivity contribution in [3.63, 3.8) is 0 Å². The number of ether oxygens (including phenoxy) is 1. The van der Waals surface area contributed by atoms with E-state index in [0.29, 0.717) is 5.75 Å². The van der Waals surface area contributed by atoms with Crippen molar-refractivity contribution in [3.8, 4) is 5.75 Å². The predicted octanol–water partition coefficient (Wildman–Crippen LogP) is 4.45. The highest BCUT2D eigenvalue weighted by atomic mass is 32.2. The molecule has 0 aromatic heterocycles. The van der Waals surface area contributed by atoms with Crippen molar-refractivity contribution in [1.82, 2.24) is 4.72 Å². The molecule has 3 rings (SSSR count). The average molecular weight is 369 g/mol. The van der Waals surface area contributed by atoms with Crippen LogP contribution in [0.4, 0.5) is 0 Å². The molecule has 0 heterocycles. The molecule has 0 atom stereocenters. The van der Waals surface area contributed by atoms with Crippen molar-refractivity contribution in [3.05, 3.63) is 71.8 Å². The Morgan fingerprint density at radius 2 is 1.73 bits per heavy atom. The molecule has 1 N–H and O–H groups in total. The first-order valence-corrected chi connectivity index (χ1v) is 10.0. The van der Waals surface area contributed by atoms with Crippen molar-refractivity contribution in [1.29, 1.82) is 0 Å². The minimum absolute atomic E-state index is 0.173. The monoisotopic (exact) mass is 369 g/mol. The van der Waals surface area contributed by atoms with Crippen LogP contribution in [-0.4, -0.2) is 15.5 Å². The zero-order valence-corrected chi connectivity index (χ0v) is 16.0. The quantitative estimate of drug-likeness (QED) is 0.698. The minimum Gasteiger partial charge on any atom is -0.495 e. The molecule has 0 saturated heterocycles. The SMILES string of the molecule is COc1ccc(C(C)C)cc1S(=O)(=O)NCc1cccc2ccccc12. The van der Waals surface area contributed by atoms with E-state index in [-0.39, 0.29) is 17.4 Å². The van der Waals surface area contributed by atoms with Gasteiger partial charge in [0.25, 0.3) is 0 Å². The standard InChI is InChI=1S/C21H23NO3S/c1-15(2)17-11-12-20(25-3)21(13-17)26(23,24)22-14-18-9-6-8-16-7-4-5-10-19(16)18/h4-13,15,22H,14H2,1-3H3. The van der Waals surface area contributed by atoms with Gasteiger partial charge in [0, 0.05) is 6.54 Å². The summed E-state index contributed by atoms with van der Waals surface area (Å²) in [6.45, 7) is 4.28. The lowest BCUT2D eigenvalue weighted by Crippen LogP contribution is -2.24. The fraction of sp³-hybridized carbons (Fsp3) is 0.238. The van der Waals surface area contributed by atoms with E-state index in [1.807, 2.05) is 62.4 Å². The summed E-state index contributed by atoms with van der Waals surface area (Å²) in [5.41, 5.74) is 1.89. The van der Waals surface area contributed by atoms with E-state index >= 15 is 0 Å². The third kappa shape index (κ3) is 3.74. The van der Waals surface area contributed by atoms with Crippen LogP contribution in [0.15, 0.2) is 65.6 Å². The van der Waals surface area contributed by atoms with Crippen LogP contribution < -0.4 is 9.46 Å². The molecule has 136 valence electrons. The van der Waals surface area contributed by atoms with Crippen molar-refractivity contribution in [2.75, 3.05) is 7.11 Å². The minimum atomic E-state index is -3.70. The van der Waals surface area contributed by atoms with Gasteiger partial charge in [0.1, 0.15) is 10.6 Å². The number of fused-ring (bicyclic) bond motifs is 1. The van der Waals surface area contributed by atoms with E-state index < -0.39 is 10.0 Å². The summed E-state index contributed by atoms with van der Waals surface area (Å²) in [4.78, 5) is 0.173. The highest BCUT2D eigenvalue weighted by Crippen LogP contribution is 2.28. The number of hydrogen-bond donors (Lipinski definition) is 1. The van der Waals surface area contributed by atoms with E-state index in [2.05, 4.69) is 4.72 Å². The molecule has 0 saturated carbocycles.